The Labute approximate surface area is 211 Å². The van der Waals surface area contributed by atoms with E-state index in [1.165, 1.54) is 29.2 Å². The van der Waals surface area contributed by atoms with Crippen LogP contribution in [0.25, 0.3) is 5.76 Å². The molecule has 2 aromatic carbocycles. The average molecular weight is 497 g/mol. The fourth-order valence-corrected chi connectivity index (χ4v) is 4.48. The van der Waals surface area contributed by atoms with Gasteiger partial charge in [-0.1, -0.05) is 26.0 Å². The third-order valence-electron chi connectivity index (χ3n) is 6.56. The third-order valence-corrected chi connectivity index (χ3v) is 6.56. The summed E-state index contributed by atoms with van der Waals surface area (Å²) in [6.45, 7) is 8.45. The fraction of sp³-hybridized carbons (Fsp3) is 0.429. The molecule has 2 heterocycles. The Bertz CT molecular complexity index is 1110. The zero-order valence-electron chi connectivity index (χ0n) is 20.8. The van der Waals surface area contributed by atoms with E-state index in [1.807, 2.05) is 24.3 Å². The molecule has 2 aliphatic heterocycles. The van der Waals surface area contributed by atoms with Crippen molar-refractivity contribution in [3.8, 4) is 5.75 Å². The highest BCUT2D eigenvalue weighted by Crippen LogP contribution is 2.40. The molecule has 0 saturated carbocycles. The second-order valence-electron chi connectivity index (χ2n) is 9.56. The van der Waals surface area contributed by atoms with Gasteiger partial charge in [0.1, 0.15) is 17.3 Å². The highest BCUT2D eigenvalue weighted by atomic mass is 19.1. The maximum Gasteiger partial charge on any atom is 0.295 e. The topological polar surface area (TPSA) is 79.3 Å². The van der Waals surface area contributed by atoms with Crippen molar-refractivity contribution in [1.82, 2.24) is 9.80 Å². The first-order chi connectivity index (χ1) is 17.3. The van der Waals surface area contributed by atoms with Crippen LogP contribution in [0.1, 0.15) is 37.4 Å². The van der Waals surface area contributed by atoms with Gasteiger partial charge in [0.05, 0.1) is 31.4 Å². The van der Waals surface area contributed by atoms with Crippen molar-refractivity contribution < 1.29 is 28.6 Å². The lowest BCUT2D eigenvalue weighted by Crippen LogP contribution is -2.42. The van der Waals surface area contributed by atoms with Crippen LogP contribution in [0.2, 0.25) is 0 Å². The normalized spacial score (nSPS) is 20.3. The van der Waals surface area contributed by atoms with Crippen molar-refractivity contribution in [3.63, 3.8) is 0 Å². The Morgan fingerprint density at radius 3 is 2.53 bits per heavy atom. The van der Waals surface area contributed by atoms with Gasteiger partial charge >= 0.3 is 0 Å². The molecule has 0 bridgehead atoms. The molecule has 2 aliphatic rings. The van der Waals surface area contributed by atoms with Crippen LogP contribution in [0.4, 0.5) is 4.39 Å². The van der Waals surface area contributed by atoms with Crippen LogP contribution in [-0.2, 0) is 14.3 Å². The number of Topliss-reactive ketones (excluding diaryl/α,β-unsaturated/α-hetero) is 1. The molecule has 4 rings (SSSR count). The van der Waals surface area contributed by atoms with Gasteiger partial charge in [0.15, 0.2) is 0 Å². The predicted molar refractivity (Wildman–Crippen MR) is 134 cm³/mol. The van der Waals surface area contributed by atoms with E-state index in [2.05, 4.69) is 18.7 Å². The van der Waals surface area contributed by atoms with Crippen molar-refractivity contribution in [3.05, 3.63) is 71.0 Å². The lowest BCUT2D eigenvalue weighted by Gasteiger charge is -2.31. The van der Waals surface area contributed by atoms with E-state index in [-0.39, 0.29) is 16.9 Å². The highest BCUT2D eigenvalue weighted by Gasteiger charge is 2.46. The maximum absolute atomic E-state index is 13.5. The lowest BCUT2D eigenvalue weighted by atomic mass is 9.95. The van der Waals surface area contributed by atoms with Crippen molar-refractivity contribution in [2.75, 3.05) is 46.0 Å². The summed E-state index contributed by atoms with van der Waals surface area (Å²) in [5.74, 6) is -1.07. The first kappa shape index (κ1) is 25.9. The molecule has 1 N–H and O–H groups in total. The molecule has 8 heteroatoms. The van der Waals surface area contributed by atoms with Crippen molar-refractivity contribution >= 4 is 17.4 Å². The number of likely N-dealkylation sites (tertiary alicyclic amines) is 1. The van der Waals surface area contributed by atoms with Crippen LogP contribution in [-0.4, -0.2) is 72.6 Å². The van der Waals surface area contributed by atoms with Gasteiger partial charge in [-0.05, 0) is 54.3 Å². The summed E-state index contributed by atoms with van der Waals surface area (Å²) < 4.78 is 24.8. The van der Waals surface area contributed by atoms with Gasteiger partial charge in [-0.25, -0.2) is 4.39 Å². The van der Waals surface area contributed by atoms with Crippen LogP contribution in [0.3, 0.4) is 0 Å². The molecule has 7 nitrogen and oxygen atoms in total. The van der Waals surface area contributed by atoms with Crippen molar-refractivity contribution in [1.29, 1.82) is 0 Å². The van der Waals surface area contributed by atoms with Gasteiger partial charge < -0.3 is 19.5 Å². The summed E-state index contributed by atoms with van der Waals surface area (Å²) in [6.07, 6.45) is 0.896. The van der Waals surface area contributed by atoms with Gasteiger partial charge in [-0.15, -0.1) is 0 Å². The molecular formula is C28H33FN2O5. The fourth-order valence-electron chi connectivity index (χ4n) is 4.48. The second kappa shape index (κ2) is 11.7. The number of morpholine rings is 1. The molecule has 192 valence electrons. The summed E-state index contributed by atoms with van der Waals surface area (Å²) in [7, 11) is 0. The summed E-state index contributed by atoms with van der Waals surface area (Å²) >= 11 is 0. The Morgan fingerprint density at radius 1 is 1.11 bits per heavy atom. The zero-order chi connectivity index (χ0) is 25.7. The minimum atomic E-state index is -0.787. The van der Waals surface area contributed by atoms with Gasteiger partial charge in [-0.3, -0.25) is 14.5 Å². The van der Waals surface area contributed by atoms with Crippen molar-refractivity contribution in [2.45, 2.75) is 26.3 Å². The minimum absolute atomic E-state index is 0.00656. The number of hydrogen-bond acceptors (Lipinski definition) is 6. The molecule has 36 heavy (non-hydrogen) atoms. The predicted octanol–water partition coefficient (Wildman–Crippen LogP) is 4.00. The molecule has 0 aromatic heterocycles. The monoisotopic (exact) mass is 496 g/mol. The minimum Gasteiger partial charge on any atom is -0.507 e. The molecule has 1 amide bonds. The summed E-state index contributed by atoms with van der Waals surface area (Å²) in [5.41, 5.74) is 0.937. The Balaban J connectivity index is 1.69. The van der Waals surface area contributed by atoms with Crippen LogP contribution in [0.5, 0.6) is 5.75 Å². The molecular weight excluding hydrogens is 463 g/mol. The smallest absolute Gasteiger partial charge is 0.295 e. The number of hydrogen-bond donors (Lipinski definition) is 1. The van der Waals surface area contributed by atoms with E-state index in [9.17, 15) is 19.1 Å². The van der Waals surface area contributed by atoms with Crippen LogP contribution < -0.4 is 4.74 Å². The average Bonchev–Trinajstić information content (AvgIpc) is 3.13. The van der Waals surface area contributed by atoms with E-state index in [1.54, 1.807) is 0 Å². The maximum atomic E-state index is 13.5. The van der Waals surface area contributed by atoms with E-state index in [0.717, 1.165) is 19.5 Å². The largest absolute Gasteiger partial charge is 0.507 e. The number of halogens is 1. The lowest BCUT2D eigenvalue weighted by molar-refractivity contribution is -0.140. The standard InChI is InChI=1S/C28H33FN2O5/c1-19(2)10-15-36-23-5-3-4-21(18-23)25-24(26(32)20-6-8-22(29)9-7-20)27(33)28(34)31(25)12-11-30-13-16-35-17-14-30/h3-9,18-19,25,32H,10-17H2,1-2H3/b26-24+. The molecule has 1 atom stereocenters. The third kappa shape index (κ3) is 5.94. The molecule has 2 aromatic rings. The second-order valence-corrected chi connectivity index (χ2v) is 9.56. The number of aliphatic hydroxyl groups is 1. The number of rotatable bonds is 9. The van der Waals surface area contributed by atoms with E-state index in [4.69, 9.17) is 9.47 Å². The number of benzene rings is 2. The van der Waals surface area contributed by atoms with Crippen LogP contribution in [0.15, 0.2) is 54.1 Å². The summed E-state index contributed by atoms with van der Waals surface area (Å²) in [6, 6.07) is 11.7. The summed E-state index contributed by atoms with van der Waals surface area (Å²) in [4.78, 5) is 30.1. The number of carbonyl (C=O) groups is 2. The van der Waals surface area contributed by atoms with Crippen molar-refractivity contribution in [2.24, 2.45) is 5.92 Å². The number of ether oxygens (including phenoxy) is 2. The van der Waals surface area contributed by atoms with Gasteiger partial charge in [0, 0.05) is 31.7 Å². The molecule has 0 aliphatic carbocycles. The Kier molecular flexibility index (Phi) is 8.38. The van der Waals surface area contributed by atoms with E-state index >= 15 is 0 Å². The number of carbonyl (C=O) groups excluding carboxylic acids is 2. The first-order valence-corrected chi connectivity index (χ1v) is 12.4. The van der Waals surface area contributed by atoms with Gasteiger partial charge in [0.2, 0.25) is 0 Å². The summed E-state index contributed by atoms with van der Waals surface area (Å²) in [5, 5.41) is 11.1. The van der Waals surface area contributed by atoms with E-state index < -0.39 is 23.5 Å². The highest BCUT2D eigenvalue weighted by molar-refractivity contribution is 6.46. The van der Waals surface area contributed by atoms with E-state index in [0.29, 0.717) is 50.1 Å². The molecule has 0 spiro atoms. The number of ketones is 1. The quantitative estimate of drug-likeness (QED) is 0.321. The number of aliphatic hydroxyl groups excluding tert-OH is 1. The molecule has 1 unspecified atom stereocenters. The number of nitrogens with zero attached hydrogens (tertiary/aromatic N) is 2. The molecule has 2 saturated heterocycles. The molecule has 0 radical (unpaired) electrons. The van der Waals surface area contributed by atoms with Gasteiger partial charge in [-0.2, -0.15) is 0 Å². The Hall–Kier alpha value is -3.23. The van der Waals surface area contributed by atoms with Crippen LogP contribution >= 0.6 is 0 Å². The molecule has 2 fully saturated rings. The van der Waals surface area contributed by atoms with Crippen LogP contribution in [0, 0.1) is 11.7 Å². The zero-order valence-corrected chi connectivity index (χ0v) is 20.8. The Morgan fingerprint density at radius 2 is 1.83 bits per heavy atom. The number of amides is 1. The first-order valence-electron chi connectivity index (χ1n) is 12.4. The SMILES string of the molecule is CC(C)CCOc1cccc(C2/C(=C(\O)c3ccc(F)cc3)C(=O)C(=O)N2CCN2CCOCC2)c1. The van der Waals surface area contributed by atoms with Gasteiger partial charge in [0.25, 0.3) is 11.7 Å².